The number of rotatable bonds is 13. The molecule has 7 heteroatoms. The first-order valence-corrected chi connectivity index (χ1v) is 12.8. The van der Waals surface area contributed by atoms with E-state index in [0.717, 1.165) is 22.6 Å². The van der Waals surface area contributed by atoms with Gasteiger partial charge in [0, 0.05) is 12.1 Å². The second kappa shape index (κ2) is 14.4. The van der Waals surface area contributed by atoms with Crippen molar-refractivity contribution in [2.24, 2.45) is 0 Å². The molecule has 4 rings (SSSR count). The highest BCUT2D eigenvalue weighted by molar-refractivity contribution is 5.97. The van der Waals surface area contributed by atoms with Gasteiger partial charge in [0.2, 0.25) is 11.8 Å². The number of carbonyl (C=O) groups excluding carboxylic acids is 2. The van der Waals surface area contributed by atoms with Gasteiger partial charge in [-0.05, 0) is 66.1 Å². The fraction of sp³-hybridized carbons (Fsp3) is 0.188. The largest absolute Gasteiger partial charge is 0.497 e. The molecule has 0 radical (unpaired) electrons. The molecule has 0 spiro atoms. The normalized spacial score (nSPS) is 11.3. The topological polar surface area (TPSA) is 85.9 Å². The van der Waals surface area contributed by atoms with Crippen molar-refractivity contribution in [3.63, 3.8) is 0 Å². The maximum atomic E-state index is 13.2. The van der Waals surface area contributed by atoms with Crippen molar-refractivity contribution >= 4 is 17.5 Å². The molecule has 0 aliphatic heterocycles. The number of aryl methyl sites for hydroxylation is 1. The molecule has 2 N–H and O–H groups in total. The van der Waals surface area contributed by atoms with Crippen LogP contribution in [0.4, 0.5) is 5.69 Å². The molecule has 1 atom stereocenters. The van der Waals surface area contributed by atoms with Gasteiger partial charge in [-0.25, -0.2) is 0 Å². The van der Waals surface area contributed by atoms with Crippen LogP contribution in [0.25, 0.3) is 0 Å². The van der Waals surface area contributed by atoms with Crippen LogP contribution in [0, 0.1) is 0 Å². The number of benzene rings is 4. The van der Waals surface area contributed by atoms with Crippen LogP contribution in [-0.2, 0) is 27.4 Å². The fourth-order valence-electron chi connectivity index (χ4n) is 3.83. The summed E-state index contributed by atoms with van der Waals surface area (Å²) in [5, 5.41) is 5.71. The highest BCUT2D eigenvalue weighted by Gasteiger charge is 2.21. The molecule has 4 aromatic carbocycles. The third kappa shape index (κ3) is 9.02. The predicted octanol–water partition coefficient (Wildman–Crippen LogP) is 5.76. The highest BCUT2D eigenvalue weighted by atomic mass is 16.5. The maximum absolute atomic E-state index is 13.2. The molecule has 2 amide bonds. The number of carbonyl (C=O) groups is 2. The molecule has 4 aromatic rings. The van der Waals surface area contributed by atoms with Crippen LogP contribution in [-0.4, -0.2) is 31.6 Å². The Bertz CT molecular complexity index is 1310. The van der Waals surface area contributed by atoms with E-state index in [9.17, 15) is 9.59 Å². The van der Waals surface area contributed by atoms with Gasteiger partial charge in [0.1, 0.15) is 23.3 Å². The summed E-state index contributed by atoms with van der Waals surface area (Å²) in [6.07, 6.45) is 0.776. The first-order valence-electron chi connectivity index (χ1n) is 12.8. The zero-order valence-electron chi connectivity index (χ0n) is 21.8. The minimum absolute atomic E-state index is 0.0319. The molecular formula is C32H32N2O5. The number of hydrogen-bond donors (Lipinski definition) is 2. The standard InChI is InChI=1S/C32H32N2O5/c1-37-27-17-12-24(13-18-27)14-21-31(35)34-30(23-38-22-25-8-4-2-5-9-25)32(36)33-26-15-19-29(20-16-26)39-28-10-6-3-7-11-28/h2-13,15-20,30H,14,21-23H2,1H3,(H,33,36)(H,34,35). The van der Waals surface area contributed by atoms with Crippen LogP contribution in [0.15, 0.2) is 109 Å². The Morgan fingerprint density at radius 3 is 2.00 bits per heavy atom. The van der Waals surface area contributed by atoms with Crippen LogP contribution in [0.1, 0.15) is 17.5 Å². The number of amides is 2. The van der Waals surface area contributed by atoms with Crippen molar-refractivity contribution in [1.82, 2.24) is 5.32 Å². The molecule has 0 aromatic heterocycles. The Morgan fingerprint density at radius 1 is 0.718 bits per heavy atom. The lowest BCUT2D eigenvalue weighted by atomic mass is 10.1. The summed E-state index contributed by atoms with van der Waals surface area (Å²) in [7, 11) is 1.61. The lowest BCUT2D eigenvalue weighted by molar-refractivity contribution is -0.128. The first kappa shape index (κ1) is 27.4. The predicted molar refractivity (Wildman–Crippen MR) is 151 cm³/mol. The lowest BCUT2D eigenvalue weighted by Gasteiger charge is -2.19. The van der Waals surface area contributed by atoms with Crippen molar-refractivity contribution in [1.29, 1.82) is 0 Å². The summed E-state index contributed by atoms with van der Waals surface area (Å²) < 4.78 is 16.8. The molecule has 0 saturated heterocycles. The Balaban J connectivity index is 1.35. The summed E-state index contributed by atoms with van der Waals surface area (Å²) in [4.78, 5) is 25.9. The Morgan fingerprint density at radius 2 is 1.33 bits per heavy atom. The summed E-state index contributed by atoms with van der Waals surface area (Å²) >= 11 is 0. The third-order valence-corrected chi connectivity index (χ3v) is 5.95. The van der Waals surface area contributed by atoms with Crippen LogP contribution in [0.3, 0.4) is 0 Å². The molecule has 0 bridgehead atoms. The van der Waals surface area contributed by atoms with E-state index in [2.05, 4.69) is 10.6 Å². The minimum Gasteiger partial charge on any atom is -0.497 e. The maximum Gasteiger partial charge on any atom is 0.249 e. The van der Waals surface area contributed by atoms with Crippen molar-refractivity contribution in [2.45, 2.75) is 25.5 Å². The van der Waals surface area contributed by atoms with Crippen molar-refractivity contribution in [3.8, 4) is 17.2 Å². The molecular weight excluding hydrogens is 492 g/mol. The quantitative estimate of drug-likeness (QED) is 0.232. The van der Waals surface area contributed by atoms with E-state index in [0.29, 0.717) is 24.5 Å². The van der Waals surface area contributed by atoms with E-state index in [1.165, 1.54) is 0 Å². The van der Waals surface area contributed by atoms with Gasteiger partial charge in [0.15, 0.2) is 0 Å². The van der Waals surface area contributed by atoms with Gasteiger partial charge in [-0.2, -0.15) is 0 Å². The van der Waals surface area contributed by atoms with Gasteiger partial charge in [0.05, 0.1) is 20.3 Å². The molecule has 0 aliphatic carbocycles. The monoisotopic (exact) mass is 524 g/mol. The van der Waals surface area contributed by atoms with E-state index in [1.807, 2.05) is 84.9 Å². The van der Waals surface area contributed by atoms with Gasteiger partial charge in [-0.15, -0.1) is 0 Å². The lowest BCUT2D eigenvalue weighted by Crippen LogP contribution is -2.46. The number of methoxy groups -OCH3 is 1. The summed E-state index contributed by atoms with van der Waals surface area (Å²) in [6, 6.07) is 32.9. The minimum atomic E-state index is -0.864. The molecule has 0 fully saturated rings. The first-order chi connectivity index (χ1) is 19.1. The summed E-state index contributed by atoms with van der Waals surface area (Å²) in [5.41, 5.74) is 2.57. The van der Waals surface area contributed by atoms with Gasteiger partial charge in [-0.3, -0.25) is 9.59 Å². The Kier molecular flexibility index (Phi) is 10.1. The third-order valence-electron chi connectivity index (χ3n) is 5.95. The number of ether oxygens (including phenoxy) is 3. The van der Waals surface area contributed by atoms with Crippen LogP contribution < -0.4 is 20.1 Å². The molecule has 0 saturated carbocycles. The second-order valence-corrected chi connectivity index (χ2v) is 8.90. The van der Waals surface area contributed by atoms with E-state index in [1.54, 1.807) is 31.4 Å². The van der Waals surface area contributed by atoms with Crippen LogP contribution in [0.2, 0.25) is 0 Å². The van der Waals surface area contributed by atoms with Gasteiger partial charge in [0.25, 0.3) is 0 Å². The number of hydrogen-bond acceptors (Lipinski definition) is 5. The van der Waals surface area contributed by atoms with Crippen molar-refractivity contribution in [3.05, 3.63) is 120 Å². The van der Waals surface area contributed by atoms with E-state index < -0.39 is 6.04 Å². The molecule has 7 nitrogen and oxygen atoms in total. The summed E-state index contributed by atoms with van der Waals surface area (Å²) in [5.74, 6) is 1.53. The number of para-hydroxylation sites is 1. The molecule has 0 aliphatic rings. The van der Waals surface area contributed by atoms with Gasteiger partial charge in [-0.1, -0.05) is 60.7 Å². The van der Waals surface area contributed by atoms with Crippen molar-refractivity contribution < 1.29 is 23.8 Å². The average molecular weight is 525 g/mol. The van der Waals surface area contributed by atoms with E-state index in [-0.39, 0.29) is 24.8 Å². The highest BCUT2D eigenvalue weighted by Crippen LogP contribution is 2.22. The van der Waals surface area contributed by atoms with Crippen molar-refractivity contribution in [2.75, 3.05) is 19.0 Å². The zero-order chi connectivity index (χ0) is 27.3. The second-order valence-electron chi connectivity index (χ2n) is 8.90. The fourth-order valence-corrected chi connectivity index (χ4v) is 3.83. The molecule has 1 unspecified atom stereocenters. The van der Waals surface area contributed by atoms with Gasteiger partial charge < -0.3 is 24.8 Å². The number of anilines is 1. The molecule has 0 heterocycles. The zero-order valence-corrected chi connectivity index (χ0v) is 21.8. The van der Waals surface area contributed by atoms with E-state index >= 15 is 0 Å². The average Bonchev–Trinajstić information content (AvgIpc) is 2.98. The SMILES string of the molecule is COc1ccc(CCC(=O)NC(COCc2ccccc2)C(=O)Nc2ccc(Oc3ccccc3)cc2)cc1. The Hall–Kier alpha value is -4.62. The van der Waals surface area contributed by atoms with Crippen LogP contribution in [0.5, 0.6) is 17.2 Å². The Labute approximate surface area is 228 Å². The smallest absolute Gasteiger partial charge is 0.249 e. The van der Waals surface area contributed by atoms with Crippen LogP contribution >= 0.6 is 0 Å². The number of nitrogens with one attached hydrogen (secondary N) is 2. The summed E-state index contributed by atoms with van der Waals surface area (Å²) in [6.45, 7) is 0.363. The van der Waals surface area contributed by atoms with E-state index in [4.69, 9.17) is 14.2 Å². The molecule has 39 heavy (non-hydrogen) atoms. The van der Waals surface area contributed by atoms with Gasteiger partial charge >= 0.3 is 0 Å². The molecule has 200 valence electrons.